The number of nitrogens with zero attached hydrogens (tertiary/aromatic N) is 2. The van der Waals surface area contributed by atoms with Gasteiger partial charge in [0.2, 0.25) is 5.91 Å². The van der Waals surface area contributed by atoms with Crippen LogP contribution in [0.1, 0.15) is 16.1 Å². The molecule has 4 rings (SSSR count). The molecule has 2 heterocycles. The highest BCUT2D eigenvalue weighted by Crippen LogP contribution is 2.21. The van der Waals surface area contributed by atoms with E-state index in [1.165, 1.54) is 0 Å². The highest BCUT2D eigenvalue weighted by atomic mass is 16.5. The molecule has 0 unspecified atom stereocenters. The molecule has 1 aliphatic rings. The van der Waals surface area contributed by atoms with Crippen LogP contribution in [0.4, 0.5) is 5.69 Å². The van der Waals surface area contributed by atoms with Gasteiger partial charge in [0.1, 0.15) is 5.69 Å². The van der Waals surface area contributed by atoms with Crippen molar-refractivity contribution in [2.24, 2.45) is 0 Å². The van der Waals surface area contributed by atoms with Crippen molar-refractivity contribution in [1.82, 2.24) is 10.1 Å². The summed E-state index contributed by atoms with van der Waals surface area (Å²) in [6.45, 7) is 2.15. The third-order valence-corrected chi connectivity index (χ3v) is 4.51. The van der Waals surface area contributed by atoms with E-state index in [0.717, 1.165) is 5.39 Å². The number of ether oxygens (including phenoxy) is 1. The highest BCUT2D eigenvalue weighted by Gasteiger charge is 2.22. The zero-order valence-corrected chi connectivity index (χ0v) is 14.7. The Morgan fingerprint density at radius 1 is 1.04 bits per heavy atom. The number of benzene rings is 2. The number of hydrogen-bond donors (Lipinski definition) is 1. The SMILES string of the molecule is O=C(Cc1noc2ccccc12)Nc1ccccc1C(=O)N1CCOCC1. The lowest BCUT2D eigenvalue weighted by atomic mass is 10.1. The van der Waals surface area contributed by atoms with Gasteiger partial charge in [-0.1, -0.05) is 29.4 Å². The average Bonchev–Trinajstić information content (AvgIpc) is 3.11. The lowest BCUT2D eigenvalue weighted by Gasteiger charge is -2.27. The lowest BCUT2D eigenvalue weighted by Crippen LogP contribution is -2.41. The summed E-state index contributed by atoms with van der Waals surface area (Å²) in [6, 6.07) is 14.4. The number of rotatable bonds is 4. The Bertz CT molecular complexity index is 976. The second kappa shape index (κ2) is 7.59. The molecule has 0 bridgehead atoms. The molecule has 1 saturated heterocycles. The molecule has 0 radical (unpaired) electrons. The number of anilines is 1. The quantitative estimate of drug-likeness (QED) is 0.768. The molecule has 2 amide bonds. The fourth-order valence-electron chi connectivity index (χ4n) is 3.13. The fourth-order valence-corrected chi connectivity index (χ4v) is 3.13. The number of nitrogens with one attached hydrogen (secondary N) is 1. The fraction of sp³-hybridized carbons (Fsp3) is 0.250. The number of fused-ring (bicyclic) bond motifs is 1. The van der Waals surface area contributed by atoms with Gasteiger partial charge in [-0.05, 0) is 24.3 Å². The molecule has 2 aromatic carbocycles. The van der Waals surface area contributed by atoms with Crippen molar-refractivity contribution < 1.29 is 18.8 Å². The molecule has 0 saturated carbocycles. The van der Waals surface area contributed by atoms with E-state index in [4.69, 9.17) is 9.26 Å². The van der Waals surface area contributed by atoms with Gasteiger partial charge in [-0.2, -0.15) is 0 Å². The number of amides is 2. The molecular weight excluding hydrogens is 346 g/mol. The number of aromatic nitrogens is 1. The Labute approximate surface area is 155 Å². The van der Waals surface area contributed by atoms with Crippen LogP contribution in [0.2, 0.25) is 0 Å². The number of para-hydroxylation sites is 2. The summed E-state index contributed by atoms with van der Waals surface area (Å²) in [5.41, 5.74) is 2.17. The van der Waals surface area contributed by atoms with E-state index in [0.29, 0.717) is 48.8 Å². The van der Waals surface area contributed by atoms with Crippen LogP contribution < -0.4 is 5.32 Å². The van der Waals surface area contributed by atoms with Crippen LogP contribution in [-0.2, 0) is 16.0 Å². The van der Waals surface area contributed by atoms with Gasteiger partial charge in [-0.15, -0.1) is 0 Å². The van der Waals surface area contributed by atoms with E-state index in [1.54, 1.807) is 35.2 Å². The first-order valence-corrected chi connectivity index (χ1v) is 8.81. The Balaban J connectivity index is 1.50. The summed E-state index contributed by atoms with van der Waals surface area (Å²) >= 11 is 0. The number of hydrogen-bond acceptors (Lipinski definition) is 5. The Morgan fingerprint density at radius 3 is 2.63 bits per heavy atom. The van der Waals surface area contributed by atoms with E-state index in [-0.39, 0.29) is 18.2 Å². The minimum Gasteiger partial charge on any atom is -0.378 e. The molecule has 1 aromatic heterocycles. The normalized spacial score (nSPS) is 14.3. The van der Waals surface area contributed by atoms with Crippen LogP contribution in [0.3, 0.4) is 0 Å². The summed E-state index contributed by atoms with van der Waals surface area (Å²) in [7, 11) is 0. The van der Waals surface area contributed by atoms with E-state index in [2.05, 4.69) is 10.5 Å². The maximum atomic E-state index is 12.8. The lowest BCUT2D eigenvalue weighted by molar-refractivity contribution is -0.115. The Kier molecular flexibility index (Phi) is 4.84. The third-order valence-electron chi connectivity index (χ3n) is 4.51. The summed E-state index contributed by atoms with van der Waals surface area (Å²) in [5, 5.41) is 7.63. The Morgan fingerprint density at radius 2 is 1.78 bits per heavy atom. The second-order valence-corrected chi connectivity index (χ2v) is 6.30. The van der Waals surface area contributed by atoms with Crippen LogP contribution in [0, 0.1) is 0 Å². The molecule has 1 fully saturated rings. The molecule has 7 heteroatoms. The van der Waals surface area contributed by atoms with Gasteiger partial charge in [0.15, 0.2) is 5.58 Å². The molecule has 7 nitrogen and oxygen atoms in total. The first kappa shape index (κ1) is 17.2. The molecule has 0 spiro atoms. The summed E-state index contributed by atoms with van der Waals surface area (Å²) in [4.78, 5) is 27.1. The third kappa shape index (κ3) is 3.68. The van der Waals surface area contributed by atoms with Crippen molar-refractivity contribution in [3.05, 3.63) is 59.8 Å². The molecule has 27 heavy (non-hydrogen) atoms. The first-order valence-electron chi connectivity index (χ1n) is 8.81. The van der Waals surface area contributed by atoms with Gasteiger partial charge in [-0.3, -0.25) is 9.59 Å². The van der Waals surface area contributed by atoms with Gasteiger partial charge in [0.05, 0.1) is 30.9 Å². The predicted octanol–water partition coefficient (Wildman–Crippen LogP) is 2.48. The molecule has 1 aliphatic heterocycles. The first-order chi connectivity index (χ1) is 13.2. The average molecular weight is 365 g/mol. The number of morpholine rings is 1. The van der Waals surface area contributed by atoms with Gasteiger partial charge in [0, 0.05) is 18.5 Å². The summed E-state index contributed by atoms with van der Waals surface area (Å²) in [6.07, 6.45) is 0.0666. The molecule has 3 aromatic rings. The molecular formula is C20H19N3O4. The van der Waals surface area contributed by atoms with Crippen LogP contribution in [0.5, 0.6) is 0 Å². The maximum absolute atomic E-state index is 12.8. The van der Waals surface area contributed by atoms with E-state index < -0.39 is 0 Å². The highest BCUT2D eigenvalue weighted by molar-refractivity contribution is 6.04. The van der Waals surface area contributed by atoms with Gasteiger partial charge in [-0.25, -0.2) is 0 Å². The molecule has 0 atom stereocenters. The zero-order valence-electron chi connectivity index (χ0n) is 14.7. The van der Waals surface area contributed by atoms with Crippen LogP contribution in [-0.4, -0.2) is 48.2 Å². The van der Waals surface area contributed by atoms with Crippen molar-refractivity contribution in [1.29, 1.82) is 0 Å². The summed E-state index contributed by atoms with van der Waals surface area (Å²) < 4.78 is 10.5. The minimum absolute atomic E-state index is 0.0666. The van der Waals surface area contributed by atoms with Crippen molar-refractivity contribution in [2.75, 3.05) is 31.6 Å². The standard InChI is InChI=1S/C20H19N3O4/c24-19(13-17-14-5-2-4-8-18(14)27-22-17)21-16-7-3-1-6-15(16)20(25)23-9-11-26-12-10-23/h1-8H,9-13H2,(H,21,24). The minimum atomic E-state index is -0.253. The topological polar surface area (TPSA) is 84.7 Å². The van der Waals surface area contributed by atoms with Crippen LogP contribution in [0.25, 0.3) is 11.0 Å². The number of carbonyl (C=O) groups excluding carboxylic acids is 2. The van der Waals surface area contributed by atoms with Crippen molar-refractivity contribution in [2.45, 2.75) is 6.42 Å². The smallest absolute Gasteiger partial charge is 0.256 e. The van der Waals surface area contributed by atoms with Crippen LogP contribution in [0.15, 0.2) is 53.1 Å². The maximum Gasteiger partial charge on any atom is 0.256 e. The van der Waals surface area contributed by atoms with E-state index in [9.17, 15) is 9.59 Å². The van der Waals surface area contributed by atoms with Crippen LogP contribution >= 0.6 is 0 Å². The molecule has 138 valence electrons. The monoisotopic (exact) mass is 365 g/mol. The van der Waals surface area contributed by atoms with Crippen molar-refractivity contribution >= 4 is 28.5 Å². The second-order valence-electron chi connectivity index (χ2n) is 6.30. The number of carbonyl (C=O) groups is 2. The molecule has 1 N–H and O–H groups in total. The zero-order chi connectivity index (χ0) is 18.6. The Hall–Kier alpha value is -3.19. The van der Waals surface area contributed by atoms with E-state index >= 15 is 0 Å². The molecule has 0 aliphatic carbocycles. The largest absolute Gasteiger partial charge is 0.378 e. The summed E-state index contributed by atoms with van der Waals surface area (Å²) in [5.74, 6) is -0.364. The van der Waals surface area contributed by atoms with Gasteiger partial charge in [0.25, 0.3) is 5.91 Å². The van der Waals surface area contributed by atoms with Crippen molar-refractivity contribution in [3.63, 3.8) is 0 Å². The van der Waals surface area contributed by atoms with E-state index in [1.807, 2.05) is 18.2 Å². The van der Waals surface area contributed by atoms with Crippen molar-refractivity contribution in [3.8, 4) is 0 Å². The van der Waals surface area contributed by atoms with Gasteiger partial charge >= 0.3 is 0 Å². The predicted molar refractivity (Wildman–Crippen MR) is 99.5 cm³/mol. The van der Waals surface area contributed by atoms with Gasteiger partial charge < -0.3 is 19.5 Å².